The predicted octanol–water partition coefficient (Wildman–Crippen LogP) is 3.35. The number of rotatable bonds is 4. The van der Waals surface area contributed by atoms with Gasteiger partial charge in [-0.25, -0.2) is 0 Å². The van der Waals surface area contributed by atoms with Gasteiger partial charge in [0.15, 0.2) is 0 Å². The van der Waals surface area contributed by atoms with Crippen molar-refractivity contribution in [1.29, 1.82) is 0 Å². The summed E-state index contributed by atoms with van der Waals surface area (Å²) in [6.07, 6.45) is 1.67. The van der Waals surface area contributed by atoms with Crippen molar-refractivity contribution in [3.05, 3.63) is 65.2 Å². The summed E-state index contributed by atoms with van der Waals surface area (Å²) in [7, 11) is 0. The van der Waals surface area contributed by atoms with E-state index in [1.165, 1.54) is 16.7 Å². The van der Waals surface area contributed by atoms with Gasteiger partial charge >= 0.3 is 6.15 Å². The Kier molecular flexibility index (Phi) is 7.31. The van der Waals surface area contributed by atoms with Gasteiger partial charge in [0.2, 0.25) is 5.91 Å². The Labute approximate surface area is 130 Å². The second-order valence-corrected chi connectivity index (χ2v) is 4.84. The summed E-state index contributed by atoms with van der Waals surface area (Å²) in [4.78, 5) is 27.5. The molecule has 0 radical (unpaired) electrons. The Hall–Kier alpha value is -2.71. The van der Waals surface area contributed by atoms with Crippen molar-refractivity contribution in [2.24, 2.45) is 0 Å². The van der Waals surface area contributed by atoms with Crippen molar-refractivity contribution in [3.8, 4) is 0 Å². The quantitative estimate of drug-likeness (QED) is 0.941. The topological polar surface area (TPSA) is 63.2 Å². The SMILES string of the molecule is CCC(=O)Nc1ccc(Cc2ccc(C)cc2)cc1.O=C=O. The van der Waals surface area contributed by atoms with Crippen molar-refractivity contribution >= 4 is 17.7 Å². The number of anilines is 1. The molecule has 0 aromatic heterocycles. The summed E-state index contributed by atoms with van der Waals surface area (Å²) in [6.45, 7) is 3.94. The maximum absolute atomic E-state index is 11.3. The van der Waals surface area contributed by atoms with E-state index in [-0.39, 0.29) is 12.1 Å². The minimum Gasteiger partial charge on any atom is -0.326 e. The Morgan fingerprint density at radius 2 is 1.41 bits per heavy atom. The van der Waals surface area contributed by atoms with Gasteiger partial charge in [0, 0.05) is 12.1 Å². The maximum atomic E-state index is 11.3. The third-order valence-corrected chi connectivity index (χ3v) is 3.09. The zero-order valence-corrected chi connectivity index (χ0v) is 12.8. The molecule has 0 spiro atoms. The van der Waals surface area contributed by atoms with E-state index in [2.05, 4.69) is 48.6 Å². The van der Waals surface area contributed by atoms with Crippen LogP contribution in [0.15, 0.2) is 48.5 Å². The molecule has 0 fully saturated rings. The molecule has 1 N–H and O–H groups in total. The van der Waals surface area contributed by atoms with E-state index in [4.69, 9.17) is 9.59 Å². The number of carbonyl (C=O) groups is 1. The Bertz CT molecular complexity index is 624. The fourth-order valence-corrected chi connectivity index (χ4v) is 1.90. The molecule has 2 aromatic rings. The van der Waals surface area contributed by atoms with Crippen LogP contribution in [0.5, 0.6) is 0 Å². The Morgan fingerprint density at radius 1 is 0.955 bits per heavy atom. The first kappa shape index (κ1) is 17.3. The highest BCUT2D eigenvalue weighted by atomic mass is 16.2. The van der Waals surface area contributed by atoms with Crippen molar-refractivity contribution in [1.82, 2.24) is 0 Å². The molecule has 0 unspecified atom stereocenters. The lowest BCUT2D eigenvalue weighted by Gasteiger charge is -2.06. The summed E-state index contributed by atoms with van der Waals surface area (Å²) in [5.74, 6) is 0.0475. The molecule has 0 bridgehead atoms. The van der Waals surface area contributed by atoms with Gasteiger partial charge in [0.25, 0.3) is 0 Å². The van der Waals surface area contributed by atoms with Crippen molar-refractivity contribution < 1.29 is 14.4 Å². The lowest BCUT2D eigenvalue weighted by atomic mass is 10.0. The number of nitrogens with one attached hydrogen (secondary N) is 1. The zero-order chi connectivity index (χ0) is 16.4. The molecule has 0 saturated carbocycles. The fraction of sp³-hybridized carbons (Fsp3) is 0.222. The average molecular weight is 297 g/mol. The van der Waals surface area contributed by atoms with Crippen LogP contribution in [0.4, 0.5) is 5.69 Å². The number of hydrogen-bond acceptors (Lipinski definition) is 3. The fourth-order valence-electron chi connectivity index (χ4n) is 1.90. The molecule has 114 valence electrons. The highest BCUT2D eigenvalue weighted by Gasteiger charge is 2.00. The molecule has 0 heterocycles. The van der Waals surface area contributed by atoms with Crippen LogP contribution in [-0.4, -0.2) is 12.1 Å². The van der Waals surface area contributed by atoms with Gasteiger partial charge in [0.1, 0.15) is 0 Å². The van der Waals surface area contributed by atoms with Crippen molar-refractivity contribution in [2.75, 3.05) is 5.32 Å². The molecule has 0 aliphatic heterocycles. The summed E-state index contributed by atoms with van der Waals surface area (Å²) in [6, 6.07) is 16.6. The van der Waals surface area contributed by atoms with E-state index in [0.717, 1.165) is 12.1 Å². The molecule has 2 rings (SSSR count). The van der Waals surface area contributed by atoms with Gasteiger partial charge in [-0.05, 0) is 36.6 Å². The number of aryl methyl sites for hydroxylation is 1. The van der Waals surface area contributed by atoms with Gasteiger partial charge in [-0.15, -0.1) is 0 Å². The van der Waals surface area contributed by atoms with E-state index in [1.807, 2.05) is 19.1 Å². The van der Waals surface area contributed by atoms with Gasteiger partial charge in [0.05, 0.1) is 0 Å². The van der Waals surface area contributed by atoms with E-state index in [0.29, 0.717) is 6.42 Å². The normalized spacial score (nSPS) is 9.18. The number of amides is 1. The second-order valence-electron chi connectivity index (χ2n) is 4.84. The molecule has 4 nitrogen and oxygen atoms in total. The monoisotopic (exact) mass is 297 g/mol. The predicted molar refractivity (Wildman–Crippen MR) is 84.4 cm³/mol. The number of carbonyl (C=O) groups excluding carboxylic acids is 3. The van der Waals surface area contributed by atoms with Crippen LogP contribution >= 0.6 is 0 Å². The van der Waals surface area contributed by atoms with Crippen molar-refractivity contribution in [3.63, 3.8) is 0 Å². The summed E-state index contributed by atoms with van der Waals surface area (Å²) in [5.41, 5.74) is 4.69. The third-order valence-electron chi connectivity index (χ3n) is 3.09. The van der Waals surface area contributed by atoms with Crippen LogP contribution in [0.1, 0.15) is 30.0 Å². The highest BCUT2D eigenvalue weighted by Crippen LogP contribution is 2.14. The molecule has 22 heavy (non-hydrogen) atoms. The van der Waals surface area contributed by atoms with E-state index in [9.17, 15) is 4.79 Å². The van der Waals surface area contributed by atoms with Crippen molar-refractivity contribution in [2.45, 2.75) is 26.7 Å². The number of benzene rings is 2. The van der Waals surface area contributed by atoms with E-state index in [1.54, 1.807) is 0 Å². The number of hydrogen-bond donors (Lipinski definition) is 1. The van der Waals surface area contributed by atoms with Gasteiger partial charge in [-0.1, -0.05) is 48.9 Å². The van der Waals surface area contributed by atoms with Crippen LogP contribution in [0.3, 0.4) is 0 Å². The molecule has 2 aromatic carbocycles. The van der Waals surface area contributed by atoms with Crippen LogP contribution in [-0.2, 0) is 20.8 Å². The molecule has 0 aliphatic carbocycles. The minimum atomic E-state index is 0.0475. The molecule has 0 saturated heterocycles. The second kappa shape index (κ2) is 9.27. The summed E-state index contributed by atoms with van der Waals surface area (Å²) >= 11 is 0. The first-order valence-corrected chi connectivity index (χ1v) is 7.02. The third kappa shape index (κ3) is 6.16. The average Bonchev–Trinajstić information content (AvgIpc) is 2.52. The Balaban J connectivity index is 0.000000745. The molecular formula is C18H19NO3. The Morgan fingerprint density at radius 3 is 1.86 bits per heavy atom. The molecular weight excluding hydrogens is 278 g/mol. The molecule has 0 aliphatic rings. The summed E-state index contributed by atoms with van der Waals surface area (Å²) in [5, 5.41) is 2.85. The zero-order valence-electron chi connectivity index (χ0n) is 12.8. The van der Waals surface area contributed by atoms with Crippen LogP contribution in [0.25, 0.3) is 0 Å². The van der Waals surface area contributed by atoms with Crippen LogP contribution in [0, 0.1) is 6.92 Å². The van der Waals surface area contributed by atoms with Gasteiger partial charge in [-0.3, -0.25) is 4.79 Å². The van der Waals surface area contributed by atoms with Crippen LogP contribution in [0.2, 0.25) is 0 Å². The standard InChI is InChI=1S/C17H19NO.CO2/c1-3-17(19)18-16-10-8-15(9-11-16)12-14-6-4-13(2)5-7-14;2-1-3/h4-11H,3,12H2,1-2H3,(H,18,19);. The largest absolute Gasteiger partial charge is 0.373 e. The lowest BCUT2D eigenvalue weighted by molar-refractivity contribution is -0.191. The first-order valence-electron chi connectivity index (χ1n) is 7.02. The highest BCUT2D eigenvalue weighted by molar-refractivity contribution is 5.90. The van der Waals surface area contributed by atoms with Gasteiger partial charge < -0.3 is 5.32 Å². The molecule has 1 amide bonds. The molecule has 0 atom stereocenters. The van der Waals surface area contributed by atoms with E-state index < -0.39 is 0 Å². The van der Waals surface area contributed by atoms with Gasteiger partial charge in [-0.2, -0.15) is 9.59 Å². The maximum Gasteiger partial charge on any atom is 0.373 e. The first-order chi connectivity index (χ1) is 10.6. The smallest absolute Gasteiger partial charge is 0.326 e. The minimum absolute atomic E-state index is 0.0475. The lowest BCUT2D eigenvalue weighted by Crippen LogP contribution is -2.09. The molecule has 4 heteroatoms. The summed E-state index contributed by atoms with van der Waals surface area (Å²) < 4.78 is 0. The van der Waals surface area contributed by atoms with E-state index >= 15 is 0 Å². The van der Waals surface area contributed by atoms with Crippen LogP contribution < -0.4 is 5.32 Å².